The van der Waals surface area contributed by atoms with Gasteiger partial charge in [-0.2, -0.15) is 13.2 Å². The minimum absolute atomic E-state index is 0.0314. The van der Waals surface area contributed by atoms with Crippen molar-refractivity contribution in [2.75, 3.05) is 20.6 Å². The topological polar surface area (TPSA) is 29.3 Å². The van der Waals surface area contributed by atoms with E-state index in [1.54, 1.807) is 24.3 Å². The average Bonchev–Trinajstić information content (AvgIpc) is 2.25. The van der Waals surface area contributed by atoms with E-state index in [9.17, 15) is 13.2 Å². The summed E-state index contributed by atoms with van der Waals surface area (Å²) in [6.07, 6.45) is -4.31. The molecule has 0 aromatic heterocycles. The predicted octanol–water partition coefficient (Wildman–Crippen LogP) is 2.74. The first-order chi connectivity index (χ1) is 8.34. The van der Waals surface area contributed by atoms with Crippen LogP contribution in [0.5, 0.6) is 0 Å². The Hall–Kier alpha value is -1.07. The minimum atomic E-state index is -4.23. The summed E-state index contributed by atoms with van der Waals surface area (Å²) in [5.74, 6) is -1.46. The molecule has 2 nitrogen and oxygen atoms in total. The van der Waals surface area contributed by atoms with Gasteiger partial charge in [0.05, 0.1) is 5.92 Å². The Bertz CT molecular complexity index is 357. The molecule has 0 bridgehead atoms. The molecule has 1 rings (SSSR count). The van der Waals surface area contributed by atoms with Gasteiger partial charge in [0.15, 0.2) is 0 Å². The van der Waals surface area contributed by atoms with Gasteiger partial charge in [0.1, 0.15) is 0 Å². The number of nitrogens with two attached hydrogens (primary N) is 1. The zero-order chi connectivity index (χ0) is 13.8. The molecule has 0 aliphatic rings. The number of hydrogen-bond acceptors (Lipinski definition) is 2. The van der Waals surface area contributed by atoms with Crippen molar-refractivity contribution in [2.24, 2.45) is 5.73 Å². The highest BCUT2D eigenvalue weighted by Gasteiger charge is 2.39. The highest BCUT2D eigenvalue weighted by Crippen LogP contribution is 2.37. The Kier molecular flexibility index (Phi) is 5.16. The van der Waals surface area contributed by atoms with Gasteiger partial charge in [-0.3, -0.25) is 0 Å². The second kappa shape index (κ2) is 6.20. The minimum Gasteiger partial charge on any atom is -0.330 e. The van der Waals surface area contributed by atoms with E-state index in [4.69, 9.17) is 5.73 Å². The van der Waals surface area contributed by atoms with Gasteiger partial charge in [-0.05, 0) is 38.2 Å². The largest absolute Gasteiger partial charge is 0.395 e. The van der Waals surface area contributed by atoms with Crippen LogP contribution in [-0.2, 0) is 6.54 Å². The molecule has 0 heterocycles. The quantitative estimate of drug-likeness (QED) is 0.882. The third-order valence-electron chi connectivity index (χ3n) is 2.73. The molecule has 1 aromatic carbocycles. The average molecular weight is 260 g/mol. The third-order valence-corrected chi connectivity index (χ3v) is 2.73. The molecule has 0 amide bonds. The van der Waals surface area contributed by atoms with Crippen LogP contribution < -0.4 is 5.73 Å². The molecule has 1 unspecified atom stereocenters. The van der Waals surface area contributed by atoms with E-state index in [-0.39, 0.29) is 18.5 Å². The number of benzene rings is 1. The maximum Gasteiger partial charge on any atom is 0.395 e. The van der Waals surface area contributed by atoms with Gasteiger partial charge in [-0.15, -0.1) is 0 Å². The van der Waals surface area contributed by atoms with Crippen molar-refractivity contribution in [3.05, 3.63) is 35.4 Å². The molecule has 0 spiro atoms. The Morgan fingerprint density at radius 1 is 1.17 bits per heavy atom. The lowest BCUT2D eigenvalue weighted by Gasteiger charge is -2.20. The van der Waals surface area contributed by atoms with E-state index in [0.29, 0.717) is 6.54 Å². The van der Waals surface area contributed by atoms with Crippen LogP contribution in [-0.4, -0.2) is 31.7 Å². The number of nitrogens with zero attached hydrogens (tertiary/aromatic N) is 1. The van der Waals surface area contributed by atoms with Crippen LogP contribution in [0.2, 0.25) is 0 Å². The molecule has 18 heavy (non-hydrogen) atoms. The van der Waals surface area contributed by atoms with E-state index in [0.717, 1.165) is 5.56 Å². The second-order valence-electron chi connectivity index (χ2n) is 4.65. The van der Waals surface area contributed by atoms with Gasteiger partial charge in [-0.25, -0.2) is 0 Å². The molecule has 0 saturated heterocycles. The summed E-state index contributed by atoms with van der Waals surface area (Å²) in [6.45, 7) is 0.747. The van der Waals surface area contributed by atoms with Crippen LogP contribution in [0.3, 0.4) is 0 Å². The number of alkyl halides is 3. The SMILES string of the molecule is CN(C)Cc1ccc(C(CCN)C(F)(F)F)cc1. The van der Waals surface area contributed by atoms with E-state index in [1.165, 1.54) is 0 Å². The lowest BCUT2D eigenvalue weighted by molar-refractivity contribution is -0.151. The Labute approximate surface area is 106 Å². The van der Waals surface area contributed by atoms with Crippen molar-refractivity contribution < 1.29 is 13.2 Å². The van der Waals surface area contributed by atoms with Crippen LogP contribution in [0.25, 0.3) is 0 Å². The van der Waals surface area contributed by atoms with Crippen LogP contribution in [0.4, 0.5) is 13.2 Å². The van der Waals surface area contributed by atoms with Gasteiger partial charge in [-0.1, -0.05) is 24.3 Å². The second-order valence-corrected chi connectivity index (χ2v) is 4.65. The summed E-state index contributed by atoms with van der Waals surface area (Å²) in [6, 6.07) is 6.58. The summed E-state index contributed by atoms with van der Waals surface area (Å²) in [4.78, 5) is 1.97. The van der Waals surface area contributed by atoms with Crippen molar-refractivity contribution in [1.29, 1.82) is 0 Å². The number of hydrogen-bond donors (Lipinski definition) is 1. The van der Waals surface area contributed by atoms with Crippen LogP contribution in [0.1, 0.15) is 23.5 Å². The standard InChI is InChI=1S/C13H19F3N2/c1-18(2)9-10-3-5-11(6-4-10)12(7-8-17)13(14,15)16/h3-6,12H,7-9,17H2,1-2H3. The fourth-order valence-electron chi connectivity index (χ4n) is 1.91. The molecule has 0 fully saturated rings. The van der Waals surface area contributed by atoms with Crippen LogP contribution in [0.15, 0.2) is 24.3 Å². The highest BCUT2D eigenvalue weighted by atomic mass is 19.4. The fraction of sp³-hybridized carbons (Fsp3) is 0.538. The lowest BCUT2D eigenvalue weighted by Crippen LogP contribution is -2.23. The smallest absolute Gasteiger partial charge is 0.330 e. The lowest BCUT2D eigenvalue weighted by atomic mass is 9.94. The maximum atomic E-state index is 12.8. The van der Waals surface area contributed by atoms with Crippen molar-refractivity contribution in [3.8, 4) is 0 Å². The molecule has 1 aromatic rings. The number of halogens is 3. The van der Waals surface area contributed by atoms with E-state index in [2.05, 4.69) is 0 Å². The molecule has 102 valence electrons. The maximum absolute atomic E-state index is 12.8. The first-order valence-electron chi connectivity index (χ1n) is 5.85. The molecule has 0 aliphatic carbocycles. The van der Waals surface area contributed by atoms with Crippen LogP contribution in [0, 0.1) is 0 Å². The molecule has 0 saturated carbocycles. The zero-order valence-corrected chi connectivity index (χ0v) is 10.7. The summed E-state index contributed by atoms with van der Waals surface area (Å²) in [5, 5.41) is 0. The predicted molar refractivity (Wildman–Crippen MR) is 66.3 cm³/mol. The summed E-state index contributed by atoms with van der Waals surface area (Å²) >= 11 is 0. The molecule has 5 heteroatoms. The van der Waals surface area contributed by atoms with Crippen molar-refractivity contribution in [3.63, 3.8) is 0 Å². The Balaban J connectivity index is 2.87. The monoisotopic (exact) mass is 260 g/mol. The summed E-state index contributed by atoms with van der Waals surface area (Å²) < 4.78 is 38.5. The molecule has 1 atom stereocenters. The molecular formula is C13H19F3N2. The van der Waals surface area contributed by atoms with Gasteiger partial charge < -0.3 is 10.6 Å². The summed E-state index contributed by atoms with van der Waals surface area (Å²) in [5.41, 5.74) is 6.54. The molecule has 0 radical (unpaired) electrons. The van der Waals surface area contributed by atoms with E-state index in [1.807, 2.05) is 19.0 Å². The first kappa shape index (κ1) is 15.0. The highest BCUT2D eigenvalue weighted by molar-refractivity contribution is 5.26. The van der Waals surface area contributed by atoms with Gasteiger partial charge in [0.2, 0.25) is 0 Å². The number of rotatable bonds is 5. The molecule has 0 aliphatic heterocycles. The zero-order valence-electron chi connectivity index (χ0n) is 10.7. The van der Waals surface area contributed by atoms with Gasteiger partial charge in [0, 0.05) is 6.54 Å². The summed E-state index contributed by atoms with van der Waals surface area (Å²) in [7, 11) is 3.84. The van der Waals surface area contributed by atoms with Crippen molar-refractivity contribution >= 4 is 0 Å². The molecule has 2 N–H and O–H groups in total. The van der Waals surface area contributed by atoms with E-state index >= 15 is 0 Å². The van der Waals surface area contributed by atoms with Crippen LogP contribution >= 0.6 is 0 Å². The first-order valence-corrected chi connectivity index (χ1v) is 5.85. The van der Waals surface area contributed by atoms with Crippen molar-refractivity contribution in [1.82, 2.24) is 4.90 Å². The van der Waals surface area contributed by atoms with Crippen molar-refractivity contribution in [2.45, 2.75) is 25.1 Å². The Morgan fingerprint density at radius 3 is 2.11 bits per heavy atom. The van der Waals surface area contributed by atoms with Gasteiger partial charge in [0.25, 0.3) is 0 Å². The van der Waals surface area contributed by atoms with E-state index < -0.39 is 12.1 Å². The normalized spacial score (nSPS) is 13.9. The fourth-order valence-corrected chi connectivity index (χ4v) is 1.91. The third kappa shape index (κ3) is 4.31. The van der Waals surface area contributed by atoms with Gasteiger partial charge >= 0.3 is 6.18 Å². The molecular weight excluding hydrogens is 241 g/mol. The Morgan fingerprint density at radius 2 is 1.72 bits per heavy atom.